The lowest BCUT2D eigenvalue weighted by atomic mass is 10.2. The van der Waals surface area contributed by atoms with Crippen LogP contribution in [0.15, 0.2) is 48.5 Å². The molecule has 5 nitrogen and oxygen atoms in total. The Morgan fingerprint density at radius 1 is 1.04 bits per heavy atom. The van der Waals surface area contributed by atoms with Crippen LogP contribution in [0.5, 0.6) is 5.75 Å². The Labute approximate surface area is 151 Å². The highest BCUT2D eigenvalue weighted by Gasteiger charge is 2.30. The van der Waals surface area contributed by atoms with Gasteiger partial charge in [0.2, 0.25) is 0 Å². The van der Waals surface area contributed by atoms with Gasteiger partial charge in [-0.3, -0.25) is 4.79 Å². The van der Waals surface area contributed by atoms with Gasteiger partial charge in [0.15, 0.2) is 13.2 Å². The summed E-state index contributed by atoms with van der Waals surface area (Å²) in [6, 6.07) is 10.6. The molecule has 2 aromatic rings. The fraction of sp³-hybridized carbons (Fsp3) is 0.176. The topological polar surface area (TPSA) is 64.6 Å². The van der Waals surface area contributed by atoms with Gasteiger partial charge in [-0.25, -0.2) is 4.79 Å². The molecule has 0 heterocycles. The highest BCUT2D eigenvalue weighted by molar-refractivity contribution is 6.32. The van der Waals surface area contributed by atoms with E-state index in [9.17, 15) is 22.8 Å². The van der Waals surface area contributed by atoms with Crippen LogP contribution in [0.1, 0.15) is 5.56 Å². The van der Waals surface area contributed by atoms with Crippen LogP contribution in [0.4, 0.5) is 18.9 Å². The molecule has 0 aliphatic carbocycles. The number of alkyl halides is 3. The summed E-state index contributed by atoms with van der Waals surface area (Å²) in [5, 5.41) is 2.52. The molecule has 0 unspecified atom stereocenters. The van der Waals surface area contributed by atoms with Gasteiger partial charge in [-0.1, -0.05) is 29.8 Å². The molecule has 0 fully saturated rings. The smallest absolute Gasteiger partial charge is 0.416 e. The molecular weight excluding hydrogens is 375 g/mol. The Morgan fingerprint density at radius 2 is 1.77 bits per heavy atom. The summed E-state index contributed by atoms with van der Waals surface area (Å²) in [7, 11) is 0. The number of halogens is 4. The minimum absolute atomic E-state index is 0.0619. The molecule has 0 saturated heterocycles. The zero-order valence-electron chi connectivity index (χ0n) is 13.2. The van der Waals surface area contributed by atoms with Crippen molar-refractivity contribution in [3.63, 3.8) is 0 Å². The highest BCUT2D eigenvalue weighted by Crippen LogP contribution is 2.30. The summed E-state index contributed by atoms with van der Waals surface area (Å²) in [4.78, 5) is 23.2. The van der Waals surface area contributed by atoms with E-state index in [1.807, 2.05) is 0 Å². The SMILES string of the molecule is O=C(COC(=O)COc1ccccc1Cl)Nc1cccc(C(F)(F)F)c1. The number of carbonyl (C=O) groups is 2. The van der Waals surface area contributed by atoms with E-state index in [-0.39, 0.29) is 11.4 Å². The Balaban J connectivity index is 1.80. The maximum Gasteiger partial charge on any atom is 0.416 e. The first-order chi connectivity index (χ1) is 12.3. The van der Waals surface area contributed by atoms with Gasteiger partial charge >= 0.3 is 12.1 Å². The van der Waals surface area contributed by atoms with E-state index < -0.39 is 36.8 Å². The minimum Gasteiger partial charge on any atom is -0.480 e. The summed E-state index contributed by atoms with van der Waals surface area (Å²) in [5.74, 6) is -1.33. The van der Waals surface area contributed by atoms with Crippen LogP contribution in [0.2, 0.25) is 5.02 Å². The predicted octanol–water partition coefficient (Wildman–Crippen LogP) is 3.92. The van der Waals surface area contributed by atoms with Gasteiger partial charge in [-0.15, -0.1) is 0 Å². The van der Waals surface area contributed by atoms with Crippen LogP contribution in [0, 0.1) is 0 Å². The molecule has 2 aromatic carbocycles. The molecule has 0 atom stereocenters. The van der Waals surface area contributed by atoms with Crippen LogP contribution >= 0.6 is 11.6 Å². The third kappa shape index (κ3) is 5.96. The first-order valence-electron chi connectivity index (χ1n) is 7.26. The molecule has 0 bridgehead atoms. The molecule has 0 saturated carbocycles. The molecule has 26 heavy (non-hydrogen) atoms. The molecular formula is C17H13ClF3NO4. The highest BCUT2D eigenvalue weighted by atomic mass is 35.5. The number of anilines is 1. The number of hydrogen-bond donors (Lipinski definition) is 1. The lowest BCUT2D eigenvalue weighted by Crippen LogP contribution is -2.23. The van der Waals surface area contributed by atoms with E-state index in [0.717, 1.165) is 18.2 Å². The summed E-state index contributed by atoms with van der Waals surface area (Å²) in [5.41, 5.74) is -0.964. The minimum atomic E-state index is -4.52. The number of rotatable bonds is 6. The second-order valence-corrected chi connectivity index (χ2v) is 5.41. The summed E-state index contributed by atoms with van der Waals surface area (Å²) >= 11 is 5.85. The molecule has 0 aliphatic rings. The lowest BCUT2D eigenvalue weighted by Gasteiger charge is -2.10. The van der Waals surface area contributed by atoms with Crippen molar-refractivity contribution in [1.82, 2.24) is 0 Å². The van der Waals surface area contributed by atoms with Crippen molar-refractivity contribution >= 4 is 29.2 Å². The quantitative estimate of drug-likeness (QED) is 0.763. The maximum absolute atomic E-state index is 12.6. The number of ether oxygens (including phenoxy) is 2. The zero-order valence-corrected chi connectivity index (χ0v) is 13.9. The molecule has 2 rings (SSSR count). The second kappa shape index (κ2) is 8.57. The van der Waals surface area contributed by atoms with Crippen LogP contribution in [0.25, 0.3) is 0 Å². The van der Waals surface area contributed by atoms with Gasteiger partial charge in [-0.05, 0) is 30.3 Å². The van der Waals surface area contributed by atoms with Crippen LogP contribution in [-0.4, -0.2) is 25.1 Å². The fourth-order valence-electron chi connectivity index (χ4n) is 1.86. The number of esters is 1. The first kappa shape index (κ1) is 19.6. The Morgan fingerprint density at radius 3 is 2.46 bits per heavy atom. The number of hydrogen-bond acceptors (Lipinski definition) is 4. The Kier molecular flexibility index (Phi) is 6.46. The average molecular weight is 388 g/mol. The van der Waals surface area contributed by atoms with Gasteiger partial charge in [0, 0.05) is 5.69 Å². The van der Waals surface area contributed by atoms with E-state index in [0.29, 0.717) is 5.02 Å². The summed E-state index contributed by atoms with van der Waals surface area (Å²) in [6.07, 6.45) is -4.52. The van der Waals surface area contributed by atoms with Crippen molar-refractivity contribution in [3.05, 3.63) is 59.1 Å². The van der Waals surface area contributed by atoms with Crippen molar-refractivity contribution in [2.24, 2.45) is 0 Å². The van der Waals surface area contributed by atoms with E-state index in [2.05, 4.69) is 5.32 Å². The molecule has 0 radical (unpaired) electrons. The van der Waals surface area contributed by atoms with Gasteiger partial charge in [-0.2, -0.15) is 13.2 Å². The Bertz CT molecular complexity index is 796. The molecule has 0 aliphatic heterocycles. The first-order valence-corrected chi connectivity index (χ1v) is 7.63. The fourth-order valence-corrected chi connectivity index (χ4v) is 2.05. The molecule has 0 aromatic heterocycles. The van der Waals surface area contributed by atoms with Crippen LogP contribution in [0.3, 0.4) is 0 Å². The average Bonchev–Trinajstić information content (AvgIpc) is 2.59. The van der Waals surface area contributed by atoms with Crippen molar-refractivity contribution < 1.29 is 32.2 Å². The number of para-hydroxylation sites is 1. The third-order valence-electron chi connectivity index (χ3n) is 3.02. The van der Waals surface area contributed by atoms with E-state index in [1.165, 1.54) is 6.07 Å². The van der Waals surface area contributed by atoms with E-state index >= 15 is 0 Å². The number of benzene rings is 2. The van der Waals surface area contributed by atoms with Crippen molar-refractivity contribution in [1.29, 1.82) is 0 Å². The Hall–Kier alpha value is -2.74. The molecule has 0 spiro atoms. The monoisotopic (exact) mass is 387 g/mol. The predicted molar refractivity (Wildman–Crippen MR) is 88.0 cm³/mol. The van der Waals surface area contributed by atoms with Gasteiger partial charge in [0.25, 0.3) is 5.91 Å². The van der Waals surface area contributed by atoms with Crippen molar-refractivity contribution in [2.75, 3.05) is 18.5 Å². The molecule has 138 valence electrons. The maximum atomic E-state index is 12.6. The van der Waals surface area contributed by atoms with Crippen molar-refractivity contribution in [2.45, 2.75) is 6.18 Å². The molecule has 1 amide bonds. The van der Waals surface area contributed by atoms with Gasteiger partial charge < -0.3 is 14.8 Å². The van der Waals surface area contributed by atoms with Gasteiger partial charge in [0.1, 0.15) is 5.75 Å². The lowest BCUT2D eigenvalue weighted by molar-refractivity contribution is -0.149. The van der Waals surface area contributed by atoms with Gasteiger partial charge in [0.05, 0.1) is 10.6 Å². The normalized spacial score (nSPS) is 10.9. The zero-order chi connectivity index (χ0) is 19.2. The van der Waals surface area contributed by atoms with Crippen molar-refractivity contribution in [3.8, 4) is 5.75 Å². The second-order valence-electron chi connectivity index (χ2n) is 5.01. The summed E-state index contributed by atoms with van der Waals surface area (Å²) < 4.78 is 47.7. The molecule has 1 N–H and O–H groups in total. The van der Waals surface area contributed by atoms with E-state index in [1.54, 1.807) is 24.3 Å². The van der Waals surface area contributed by atoms with Crippen LogP contribution in [-0.2, 0) is 20.5 Å². The van der Waals surface area contributed by atoms with E-state index in [4.69, 9.17) is 21.1 Å². The number of carbonyl (C=O) groups excluding carboxylic acids is 2. The number of amides is 1. The largest absolute Gasteiger partial charge is 0.480 e. The summed E-state index contributed by atoms with van der Waals surface area (Å²) in [6.45, 7) is -1.14. The number of nitrogens with one attached hydrogen (secondary N) is 1. The third-order valence-corrected chi connectivity index (χ3v) is 3.33. The molecule has 9 heteroatoms. The van der Waals surface area contributed by atoms with Crippen LogP contribution < -0.4 is 10.1 Å². The standard InChI is InChI=1S/C17H13ClF3NO4/c18-13-6-1-2-7-14(13)25-10-16(24)26-9-15(23)22-12-5-3-4-11(8-12)17(19,20)21/h1-8H,9-10H2,(H,22,23).